The molecule has 0 fully saturated rings. The monoisotopic (exact) mass is 325 g/mol. The van der Waals surface area contributed by atoms with Crippen LogP contribution in [0, 0.1) is 0 Å². The molecule has 0 aliphatic carbocycles. The Morgan fingerprint density at radius 1 is 1.36 bits per heavy atom. The van der Waals surface area contributed by atoms with Gasteiger partial charge in [0, 0.05) is 6.61 Å². The first-order valence-corrected chi connectivity index (χ1v) is 6.08. The zero-order valence-corrected chi connectivity index (χ0v) is 10.9. The van der Waals surface area contributed by atoms with E-state index in [1.54, 1.807) is 0 Å². The van der Waals surface area contributed by atoms with E-state index in [9.17, 15) is 0 Å². The minimum atomic E-state index is 0.263. The van der Waals surface area contributed by atoms with Crippen LogP contribution in [0.15, 0.2) is 19.6 Å². The molecule has 1 rings (SSSR count). The van der Waals surface area contributed by atoms with Gasteiger partial charge in [0.05, 0.1) is 11.0 Å². The molecule has 80 valence electrons. The van der Waals surface area contributed by atoms with Crippen LogP contribution in [-0.4, -0.2) is 18.3 Å². The standard InChI is InChI=1S/C9H13Br2NO2/c10-8-5-7(14-9(8)11)6-12-3-1-2-4-13/h5,12-13H,1-4,6H2. The predicted octanol–water partition coefficient (Wildman–Crippen LogP) is 2.67. The van der Waals surface area contributed by atoms with Gasteiger partial charge in [0.1, 0.15) is 5.76 Å². The van der Waals surface area contributed by atoms with Crippen LogP contribution in [-0.2, 0) is 6.54 Å². The van der Waals surface area contributed by atoms with Gasteiger partial charge in [-0.25, -0.2) is 0 Å². The van der Waals surface area contributed by atoms with Crippen molar-refractivity contribution in [3.63, 3.8) is 0 Å². The van der Waals surface area contributed by atoms with E-state index in [-0.39, 0.29) is 6.61 Å². The SMILES string of the molecule is OCCCCNCc1cc(Br)c(Br)o1. The first-order chi connectivity index (χ1) is 6.74. The van der Waals surface area contributed by atoms with Gasteiger partial charge in [0.25, 0.3) is 0 Å². The van der Waals surface area contributed by atoms with Crippen molar-refractivity contribution in [3.05, 3.63) is 21.0 Å². The third kappa shape index (κ3) is 4.13. The van der Waals surface area contributed by atoms with Crippen molar-refractivity contribution in [1.29, 1.82) is 0 Å². The summed E-state index contributed by atoms with van der Waals surface area (Å²) in [5.41, 5.74) is 0. The van der Waals surface area contributed by atoms with Crippen LogP contribution in [0.2, 0.25) is 0 Å². The minimum absolute atomic E-state index is 0.263. The highest BCUT2D eigenvalue weighted by atomic mass is 79.9. The van der Waals surface area contributed by atoms with Gasteiger partial charge in [-0.2, -0.15) is 0 Å². The molecule has 0 aromatic carbocycles. The molecule has 1 aromatic rings. The summed E-state index contributed by atoms with van der Waals surface area (Å²) in [5, 5.41) is 11.8. The van der Waals surface area contributed by atoms with Crippen LogP contribution in [0.5, 0.6) is 0 Å². The van der Waals surface area contributed by atoms with Crippen LogP contribution in [0.1, 0.15) is 18.6 Å². The van der Waals surface area contributed by atoms with Crippen molar-refractivity contribution < 1.29 is 9.52 Å². The second-order valence-electron chi connectivity index (χ2n) is 2.94. The van der Waals surface area contributed by atoms with Crippen molar-refractivity contribution in [2.24, 2.45) is 0 Å². The summed E-state index contributed by atoms with van der Waals surface area (Å²) in [5.74, 6) is 0.896. The fourth-order valence-corrected chi connectivity index (χ4v) is 1.71. The number of halogens is 2. The Kier molecular flexibility index (Phi) is 5.77. The minimum Gasteiger partial charge on any atom is -0.452 e. The van der Waals surface area contributed by atoms with E-state index < -0.39 is 0 Å². The summed E-state index contributed by atoms with van der Waals surface area (Å²) >= 11 is 6.62. The molecule has 3 nitrogen and oxygen atoms in total. The van der Waals surface area contributed by atoms with E-state index in [4.69, 9.17) is 9.52 Å². The van der Waals surface area contributed by atoms with Crippen molar-refractivity contribution in [2.45, 2.75) is 19.4 Å². The normalized spacial score (nSPS) is 10.8. The summed E-state index contributed by atoms with van der Waals surface area (Å²) in [6.45, 7) is 1.88. The van der Waals surface area contributed by atoms with E-state index in [1.165, 1.54) is 0 Å². The third-order valence-corrected chi connectivity index (χ3v) is 3.47. The highest BCUT2D eigenvalue weighted by Crippen LogP contribution is 2.26. The quantitative estimate of drug-likeness (QED) is 0.790. The number of hydrogen-bond acceptors (Lipinski definition) is 3. The highest BCUT2D eigenvalue weighted by molar-refractivity contribution is 9.13. The average molecular weight is 327 g/mol. The molecule has 0 saturated heterocycles. The molecule has 0 radical (unpaired) electrons. The maximum atomic E-state index is 8.56. The van der Waals surface area contributed by atoms with E-state index in [2.05, 4.69) is 37.2 Å². The summed E-state index contributed by atoms with van der Waals surface area (Å²) in [7, 11) is 0. The maximum Gasteiger partial charge on any atom is 0.183 e. The van der Waals surface area contributed by atoms with Gasteiger partial charge in [0.2, 0.25) is 0 Å². The Labute approximate surface area is 100 Å². The molecular formula is C9H13Br2NO2. The largest absolute Gasteiger partial charge is 0.452 e. The number of nitrogens with one attached hydrogen (secondary N) is 1. The zero-order valence-electron chi connectivity index (χ0n) is 7.72. The molecule has 0 spiro atoms. The summed E-state index contributed by atoms with van der Waals surface area (Å²) in [4.78, 5) is 0. The Hall–Kier alpha value is 0.160. The van der Waals surface area contributed by atoms with Crippen molar-refractivity contribution in [2.75, 3.05) is 13.2 Å². The Morgan fingerprint density at radius 2 is 2.14 bits per heavy atom. The molecule has 14 heavy (non-hydrogen) atoms. The molecule has 1 aromatic heterocycles. The number of rotatable bonds is 6. The first-order valence-electron chi connectivity index (χ1n) is 4.49. The lowest BCUT2D eigenvalue weighted by Gasteiger charge is -2.00. The highest BCUT2D eigenvalue weighted by Gasteiger charge is 2.04. The van der Waals surface area contributed by atoms with E-state index in [0.717, 1.165) is 40.8 Å². The van der Waals surface area contributed by atoms with Crippen LogP contribution < -0.4 is 5.32 Å². The molecule has 0 atom stereocenters. The predicted molar refractivity (Wildman–Crippen MR) is 62.1 cm³/mol. The first kappa shape index (κ1) is 12.2. The van der Waals surface area contributed by atoms with Crippen molar-refractivity contribution in [1.82, 2.24) is 5.32 Å². The van der Waals surface area contributed by atoms with Crippen LogP contribution in [0.3, 0.4) is 0 Å². The van der Waals surface area contributed by atoms with Gasteiger partial charge >= 0.3 is 0 Å². The van der Waals surface area contributed by atoms with E-state index in [0.29, 0.717) is 0 Å². The number of aliphatic hydroxyl groups is 1. The van der Waals surface area contributed by atoms with Crippen LogP contribution >= 0.6 is 31.9 Å². The van der Waals surface area contributed by atoms with Gasteiger partial charge < -0.3 is 14.8 Å². The second kappa shape index (κ2) is 6.61. The van der Waals surface area contributed by atoms with Crippen LogP contribution in [0.25, 0.3) is 0 Å². The van der Waals surface area contributed by atoms with Crippen molar-refractivity contribution >= 4 is 31.9 Å². The Bertz CT molecular complexity index is 256. The lowest BCUT2D eigenvalue weighted by atomic mass is 10.3. The fourth-order valence-electron chi connectivity index (χ4n) is 1.05. The smallest absolute Gasteiger partial charge is 0.183 e. The Morgan fingerprint density at radius 3 is 2.71 bits per heavy atom. The molecule has 0 aliphatic heterocycles. The number of hydrogen-bond donors (Lipinski definition) is 2. The summed E-state index contributed by atoms with van der Waals surface area (Å²) < 4.78 is 7.04. The second-order valence-corrected chi connectivity index (χ2v) is 4.52. The summed E-state index contributed by atoms with van der Waals surface area (Å²) in [6.07, 6.45) is 1.83. The zero-order chi connectivity index (χ0) is 10.4. The van der Waals surface area contributed by atoms with Gasteiger partial charge in [-0.15, -0.1) is 0 Å². The van der Waals surface area contributed by atoms with Gasteiger partial charge in [-0.3, -0.25) is 0 Å². The molecule has 5 heteroatoms. The maximum absolute atomic E-state index is 8.56. The van der Waals surface area contributed by atoms with Gasteiger partial charge in [0.15, 0.2) is 4.67 Å². The molecule has 0 aliphatic rings. The van der Waals surface area contributed by atoms with Crippen molar-refractivity contribution in [3.8, 4) is 0 Å². The summed E-state index contributed by atoms with van der Waals surface area (Å²) in [6, 6.07) is 1.93. The average Bonchev–Trinajstić information content (AvgIpc) is 2.46. The molecule has 0 bridgehead atoms. The van der Waals surface area contributed by atoms with Gasteiger partial charge in [-0.05, 0) is 57.3 Å². The molecule has 2 N–H and O–H groups in total. The molecule has 0 unspecified atom stereocenters. The molecule has 0 saturated carbocycles. The number of unbranched alkanes of at least 4 members (excludes halogenated alkanes) is 1. The van der Waals surface area contributed by atoms with E-state index >= 15 is 0 Å². The lowest BCUT2D eigenvalue weighted by molar-refractivity contribution is 0.283. The molecule has 1 heterocycles. The third-order valence-electron chi connectivity index (χ3n) is 1.76. The van der Waals surface area contributed by atoms with Gasteiger partial charge in [-0.1, -0.05) is 0 Å². The number of aliphatic hydroxyl groups excluding tert-OH is 1. The molecular weight excluding hydrogens is 314 g/mol. The lowest BCUT2D eigenvalue weighted by Crippen LogP contribution is -2.14. The van der Waals surface area contributed by atoms with E-state index in [1.807, 2.05) is 6.07 Å². The topological polar surface area (TPSA) is 45.4 Å². The molecule has 0 amide bonds. The Balaban J connectivity index is 2.18. The van der Waals surface area contributed by atoms with Crippen LogP contribution in [0.4, 0.5) is 0 Å². The fraction of sp³-hybridized carbons (Fsp3) is 0.556. The number of furan rings is 1.